The predicted octanol–water partition coefficient (Wildman–Crippen LogP) is 4.87. The van der Waals surface area contributed by atoms with E-state index in [1.807, 2.05) is 4.90 Å². The van der Waals surface area contributed by atoms with Crippen molar-refractivity contribution in [3.05, 3.63) is 81.7 Å². The van der Waals surface area contributed by atoms with Gasteiger partial charge >= 0.3 is 6.03 Å². The van der Waals surface area contributed by atoms with Gasteiger partial charge in [-0.3, -0.25) is 14.1 Å². The van der Waals surface area contributed by atoms with Crippen LogP contribution in [0.3, 0.4) is 0 Å². The van der Waals surface area contributed by atoms with Gasteiger partial charge in [0.25, 0.3) is 5.56 Å². The Kier molecular flexibility index (Phi) is 8.21. The van der Waals surface area contributed by atoms with Crippen molar-refractivity contribution >= 4 is 11.7 Å². The van der Waals surface area contributed by atoms with Crippen molar-refractivity contribution in [2.75, 3.05) is 26.2 Å². The summed E-state index contributed by atoms with van der Waals surface area (Å²) in [5, 5.41) is 3.51. The molecule has 2 saturated heterocycles. The minimum Gasteiger partial charge on any atom is -0.321 e. The summed E-state index contributed by atoms with van der Waals surface area (Å²) in [5.41, 5.74) is 0.472. The maximum absolute atomic E-state index is 15.1. The van der Waals surface area contributed by atoms with Crippen LogP contribution < -0.4 is 10.9 Å². The van der Waals surface area contributed by atoms with Gasteiger partial charge in [0.05, 0.1) is 11.6 Å². The molecule has 2 aliphatic heterocycles. The van der Waals surface area contributed by atoms with Gasteiger partial charge in [0.15, 0.2) is 0 Å². The SMILES string of the molecule is CC(C)N[C@@H]1CCN(C(=O)N2CCN(Cc3cnc4ccc(F)cn4c3=O)C3(CCCC3)C2)[C@H](c2cc(F)ccc2F)C1. The van der Waals surface area contributed by atoms with Crippen molar-refractivity contribution in [1.29, 1.82) is 0 Å². The number of urea groups is 1. The van der Waals surface area contributed by atoms with Crippen LogP contribution in [0.1, 0.15) is 69.5 Å². The summed E-state index contributed by atoms with van der Waals surface area (Å²) in [6.45, 7) is 6.39. The quantitative estimate of drug-likeness (QED) is 0.455. The third-order valence-electron chi connectivity index (χ3n) is 9.43. The number of fused-ring (bicyclic) bond motifs is 1. The lowest BCUT2D eigenvalue weighted by Gasteiger charge is -2.51. The summed E-state index contributed by atoms with van der Waals surface area (Å²) in [6.07, 6.45) is 7.75. The Balaban J connectivity index is 1.24. The number of carbonyl (C=O) groups excluding carboxylic acids is 1. The number of pyridine rings is 1. The molecule has 3 aromatic rings. The monoisotopic (exact) mass is 596 g/mol. The minimum atomic E-state index is -0.588. The molecule has 43 heavy (non-hydrogen) atoms. The Bertz CT molecular complexity index is 1560. The second kappa shape index (κ2) is 11.9. The van der Waals surface area contributed by atoms with E-state index in [2.05, 4.69) is 29.0 Å². The lowest BCUT2D eigenvalue weighted by Crippen LogP contribution is -2.64. The van der Waals surface area contributed by atoms with Gasteiger partial charge in [-0.2, -0.15) is 0 Å². The predicted molar refractivity (Wildman–Crippen MR) is 157 cm³/mol. The molecule has 2 aromatic heterocycles. The maximum atomic E-state index is 15.1. The van der Waals surface area contributed by atoms with Gasteiger partial charge in [-0.1, -0.05) is 26.7 Å². The number of likely N-dealkylation sites (tertiary alicyclic amines) is 1. The highest BCUT2D eigenvalue weighted by molar-refractivity contribution is 5.75. The fraction of sp³-hybridized carbons (Fsp3) is 0.531. The first-order valence-corrected chi connectivity index (χ1v) is 15.3. The number of hydrogen-bond donors (Lipinski definition) is 1. The molecular formula is C32H39F3N6O2. The molecule has 6 rings (SSSR count). The zero-order chi connectivity index (χ0) is 30.3. The number of aromatic nitrogens is 2. The van der Waals surface area contributed by atoms with Gasteiger partial charge in [-0.25, -0.2) is 22.9 Å². The number of nitrogens with zero attached hydrogens (tertiary/aromatic N) is 5. The van der Waals surface area contributed by atoms with E-state index >= 15 is 4.39 Å². The fourth-order valence-electron chi connectivity index (χ4n) is 7.40. The summed E-state index contributed by atoms with van der Waals surface area (Å²) in [4.78, 5) is 37.7. The van der Waals surface area contributed by atoms with Crippen molar-refractivity contribution in [1.82, 2.24) is 29.4 Å². The van der Waals surface area contributed by atoms with Crippen LogP contribution in [0.25, 0.3) is 5.65 Å². The van der Waals surface area contributed by atoms with Gasteiger partial charge in [0.1, 0.15) is 23.1 Å². The van der Waals surface area contributed by atoms with E-state index in [4.69, 9.17) is 0 Å². The first-order chi connectivity index (χ1) is 20.6. The highest BCUT2D eigenvalue weighted by Crippen LogP contribution is 2.40. The molecule has 230 valence electrons. The second-order valence-corrected chi connectivity index (χ2v) is 12.6. The molecule has 1 spiro atoms. The van der Waals surface area contributed by atoms with Crippen LogP contribution >= 0.6 is 0 Å². The largest absolute Gasteiger partial charge is 0.321 e. The highest BCUT2D eigenvalue weighted by atomic mass is 19.1. The van der Waals surface area contributed by atoms with Crippen molar-refractivity contribution in [2.45, 2.75) is 82.6 Å². The van der Waals surface area contributed by atoms with Crippen molar-refractivity contribution < 1.29 is 18.0 Å². The number of piperidine rings is 1. The summed E-state index contributed by atoms with van der Waals surface area (Å²) in [6, 6.07) is 5.78. The van der Waals surface area contributed by atoms with Gasteiger partial charge in [-0.05, 0) is 56.0 Å². The van der Waals surface area contributed by atoms with Crippen LogP contribution in [0.15, 0.2) is 47.5 Å². The lowest BCUT2D eigenvalue weighted by atomic mass is 9.89. The second-order valence-electron chi connectivity index (χ2n) is 12.6. The number of amides is 2. The summed E-state index contributed by atoms with van der Waals surface area (Å²) >= 11 is 0. The fourth-order valence-corrected chi connectivity index (χ4v) is 7.40. The van der Waals surface area contributed by atoms with Crippen LogP contribution in [-0.4, -0.2) is 73.9 Å². The van der Waals surface area contributed by atoms with Crippen LogP contribution in [0.4, 0.5) is 18.0 Å². The zero-order valence-corrected chi connectivity index (χ0v) is 24.7. The molecule has 4 heterocycles. The molecule has 8 nitrogen and oxygen atoms in total. The Morgan fingerprint density at radius 2 is 1.84 bits per heavy atom. The molecule has 1 saturated carbocycles. The Hall–Kier alpha value is -3.44. The molecular weight excluding hydrogens is 557 g/mol. The average Bonchev–Trinajstić information content (AvgIpc) is 3.45. The van der Waals surface area contributed by atoms with E-state index < -0.39 is 23.5 Å². The molecule has 0 radical (unpaired) electrons. The average molecular weight is 597 g/mol. The third kappa shape index (κ3) is 5.89. The molecule has 11 heteroatoms. The lowest BCUT2D eigenvalue weighted by molar-refractivity contribution is -0.00264. The van der Waals surface area contributed by atoms with E-state index in [0.717, 1.165) is 50.4 Å². The normalized spacial score (nSPS) is 22.7. The summed E-state index contributed by atoms with van der Waals surface area (Å²) in [7, 11) is 0. The van der Waals surface area contributed by atoms with Crippen LogP contribution in [-0.2, 0) is 6.54 Å². The standard InChI is InChI=1S/C32H39F3N6O2/c1-21(2)37-25-9-12-40(28(16-25)26-15-23(33)5-7-27(26)35)31(43)38-13-14-39(32(20-38)10-3-4-11-32)18-22-17-36-29-8-6-24(34)19-41(29)30(22)42/h5-8,15,17,19,21,25,28,37H,3-4,9-14,16,18,20H2,1-2H3/t25-,28+/m1/s1. The number of rotatable bonds is 5. The molecule has 1 N–H and O–H groups in total. The first-order valence-electron chi connectivity index (χ1n) is 15.3. The maximum Gasteiger partial charge on any atom is 0.320 e. The molecule has 0 unspecified atom stereocenters. The third-order valence-corrected chi connectivity index (χ3v) is 9.43. The van der Waals surface area contributed by atoms with E-state index in [-0.39, 0.29) is 34.8 Å². The Morgan fingerprint density at radius 3 is 2.60 bits per heavy atom. The number of piperazine rings is 1. The van der Waals surface area contributed by atoms with E-state index in [1.54, 1.807) is 11.1 Å². The van der Waals surface area contributed by atoms with Crippen molar-refractivity contribution in [3.63, 3.8) is 0 Å². The van der Waals surface area contributed by atoms with Gasteiger partial charge in [-0.15, -0.1) is 0 Å². The van der Waals surface area contributed by atoms with Gasteiger partial charge < -0.3 is 15.1 Å². The highest BCUT2D eigenvalue weighted by Gasteiger charge is 2.47. The first kappa shape index (κ1) is 29.6. The smallest absolute Gasteiger partial charge is 0.320 e. The van der Waals surface area contributed by atoms with Crippen molar-refractivity contribution in [2.24, 2.45) is 0 Å². The summed E-state index contributed by atoms with van der Waals surface area (Å²) in [5.74, 6) is -1.54. The topological polar surface area (TPSA) is 73.2 Å². The van der Waals surface area contributed by atoms with Crippen LogP contribution in [0.2, 0.25) is 0 Å². The summed E-state index contributed by atoms with van der Waals surface area (Å²) < 4.78 is 44.5. The van der Waals surface area contributed by atoms with Gasteiger partial charge in [0, 0.05) is 68.3 Å². The van der Waals surface area contributed by atoms with Crippen LogP contribution in [0, 0.1) is 17.5 Å². The molecule has 3 fully saturated rings. The zero-order valence-electron chi connectivity index (χ0n) is 24.7. The van der Waals surface area contributed by atoms with Crippen molar-refractivity contribution in [3.8, 4) is 0 Å². The van der Waals surface area contributed by atoms with E-state index in [9.17, 15) is 18.4 Å². The number of nitrogens with one attached hydrogen (secondary N) is 1. The molecule has 2 atom stereocenters. The molecule has 1 aromatic carbocycles. The molecule has 2 amide bonds. The van der Waals surface area contributed by atoms with Gasteiger partial charge in [0.2, 0.25) is 0 Å². The molecule has 1 aliphatic carbocycles. The number of halogens is 3. The Morgan fingerprint density at radius 1 is 1.07 bits per heavy atom. The molecule has 0 bridgehead atoms. The Labute approximate surface area is 249 Å². The van der Waals surface area contributed by atoms with Crippen LogP contribution in [0.5, 0.6) is 0 Å². The number of carbonyl (C=O) groups is 1. The van der Waals surface area contributed by atoms with E-state index in [0.29, 0.717) is 50.4 Å². The van der Waals surface area contributed by atoms with E-state index in [1.165, 1.54) is 22.6 Å². The number of hydrogen-bond acceptors (Lipinski definition) is 5. The minimum absolute atomic E-state index is 0.0814. The molecule has 3 aliphatic rings. The number of benzene rings is 1.